The topological polar surface area (TPSA) is 49.8 Å². The summed E-state index contributed by atoms with van der Waals surface area (Å²) in [6.45, 7) is 5.14. The highest BCUT2D eigenvalue weighted by Gasteiger charge is 2.00. The van der Waals surface area contributed by atoms with Gasteiger partial charge >= 0.3 is 0 Å². The van der Waals surface area contributed by atoms with Gasteiger partial charge in [-0.25, -0.2) is 9.97 Å². The van der Waals surface area contributed by atoms with E-state index < -0.39 is 0 Å². The van der Waals surface area contributed by atoms with Gasteiger partial charge in [-0.1, -0.05) is 23.8 Å². The summed E-state index contributed by atoms with van der Waals surface area (Å²) in [5.74, 6) is 1.67. The molecular weight excluding hydrogens is 236 g/mol. The maximum atomic E-state index is 4.20. The Morgan fingerprint density at radius 2 is 1.84 bits per heavy atom. The lowest BCUT2D eigenvalue weighted by atomic mass is 10.0. The van der Waals surface area contributed by atoms with Crippen LogP contribution in [0.2, 0.25) is 0 Å². The third-order valence-electron chi connectivity index (χ3n) is 3.13. The molecule has 2 rings (SSSR count). The fourth-order valence-corrected chi connectivity index (χ4v) is 1.99. The first kappa shape index (κ1) is 13.3. The molecular formula is C15H20N4. The van der Waals surface area contributed by atoms with E-state index in [-0.39, 0.29) is 0 Å². The maximum Gasteiger partial charge on any atom is 0.131 e. The average molecular weight is 256 g/mol. The van der Waals surface area contributed by atoms with Gasteiger partial charge in [-0.05, 0) is 31.4 Å². The van der Waals surface area contributed by atoms with Gasteiger partial charge in [0.25, 0.3) is 0 Å². The summed E-state index contributed by atoms with van der Waals surface area (Å²) in [5.41, 5.74) is 4.03. The quantitative estimate of drug-likeness (QED) is 0.863. The number of rotatable bonds is 5. The van der Waals surface area contributed by atoms with Crippen LogP contribution in [0.5, 0.6) is 0 Å². The summed E-state index contributed by atoms with van der Waals surface area (Å²) in [4.78, 5) is 8.28. The van der Waals surface area contributed by atoms with Gasteiger partial charge in [-0.15, -0.1) is 0 Å². The van der Waals surface area contributed by atoms with Crippen LogP contribution in [-0.4, -0.2) is 23.6 Å². The summed E-state index contributed by atoms with van der Waals surface area (Å²) in [6.07, 6.45) is 2.55. The fourth-order valence-electron chi connectivity index (χ4n) is 1.99. The van der Waals surface area contributed by atoms with Crippen molar-refractivity contribution in [1.29, 1.82) is 0 Å². The molecule has 0 bridgehead atoms. The van der Waals surface area contributed by atoms with Crippen LogP contribution in [0, 0.1) is 13.8 Å². The standard InChI is InChI=1S/C15H20N4/c1-11-4-5-12(2)13(8-11)6-7-17-15-9-14(16-3)18-10-19-15/h4-5,8-10H,6-7H2,1-3H3,(H2,16,17,18,19). The second kappa shape index (κ2) is 6.18. The Bertz CT molecular complexity index is 552. The van der Waals surface area contributed by atoms with Crippen molar-refractivity contribution in [2.45, 2.75) is 20.3 Å². The van der Waals surface area contributed by atoms with E-state index in [0.29, 0.717) is 0 Å². The van der Waals surface area contributed by atoms with Crippen LogP contribution in [0.1, 0.15) is 16.7 Å². The predicted octanol–water partition coefficient (Wildman–Crippen LogP) is 2.79. The van der Waals surface area contributed by atoms with Crippen molar-refractivity contribution in [3.8, 4) is 0 Å². The molecule has 100 valence electrons. The van der Waals surface area contributed by atoms with Gasteiger partial charge in [0, 0.05) is 19.7 Å². The van der Waals surface area contributed by atoms with Gasteiger partial charge in [-0.3, -0.25) is 0 Å². The first-order valence-electron chi connectivity index (χ1n) is 6.49. The predicted molar refractivity (Wildman–Crippen MR) is 79.7 cm³/mol. The number of aromatic nitrogens is 2. The van der Waals surface area contributed by atoms with E-state index in [0.717, 1.165) is 24.6 Å². The second-order valence-corrected chi connectivity index (χ2v) is 4.65. The Morgan fingerprint density at radius 1 is 1.05 bits per heavy atom. The van der Waals surface area contributed by atoms with Crippen molar-refractivity contribution < 1.29 is 0 Å². The molecule has 1 heterocycles. The molecule has 0 saturated carbocycles. The van der Waals surface area contributed by atoms with Gasteiger partial charge in [0.1, 0.15) is 18.0 Å². The number of hydrogen-bond acceptors (Lipinski definition) is 4. The highest BCUT2D eigenvalue weighted by Crippen LogP contribution is 2.12. The largest absolute Gasteiger partial charge is 0.373 e. The molecule has 0 atom stereocenters. The summed E-state index contributed by atoms with van der Waals surface area (Å²) in [5, 5.41) is 6.32. The smallest absolute Gasteiger partial charge is 0.131 e. The summed E-state index contributed by atoms with van der Waals surface area (Å²) >= 11 is 0. The minimum atomic E-state index is 0.823. The van der Waals surface area contributed by atoms with E-state index in [1.807, 2.05) is 13.1 Å². The monoisotopic (exact) mass is 256 g/mol. The van der Waals surface area contributed by atoms with E-state index in [1.54, 1.807) is 6.33 Å². The SMILES string of the molecule is CNc1cc(NCCc2cc(C)ccc2C)ncn1. The molecule has 0 unspecified atom stereocenters. The first-order valence-corrected chi connectivity index (χ1v) is 6.49. The van der Waals surface area contributed by atoms with Crippen LogP contribution in [-0.2, 0) is 6.42 Å². The molecule has 2 aromatic rings. The molecule has 0 aliphatic heterocycles. The Kier molecular flexibility index (Phi) is 4.34. The summed E-state index contributed by atoms with van der Waals surface area (Å²) < 4.78 is 0. The Labute approximate surface area is 114 Å². The molecule has 1 aromatic heterocycles. The molecule has 2 N–H and O–H groups in total. The van der Waals surface area contributed by atoms with Crippen LogP contribution in [0.3, 0.4) is 0 Å². The van der Waals surface area contributed by atoms with Crippen molar-refractivity contribution in [1.82, 2.24) is 9.97 Å². The zero-order valence-electron chi connectivity index (χ0n) is 11.7. The van der Waals surface area contributed by atoms with Crippen molar-refractivity contribution in [3.05, 3.63) is 47.3 Å². The number of nitrogens with one attached hydrogen (secondary N) is 2. The van der Waals surface area contributed by atoms with E-state index in [2.05, 4.69) is 52.6 Å². The molecule has 0 amide bonds. The molecule has 0 aliphatic rings. The number of benzene rings is 1. The van der Waals surface area contributed by atoms with Crippen LogP contribution in [0.15, 0.2) is 30.6 Å². The lowest BCUT2D eigenvalue weighted by Gasteiger charge is -2.09. The van der Waals surface area contributed by atoms with Crippen molar-refractivity contribution in [2.75, 3.05) is 24.2 Å². The lowest BCUT2D eigenvalue weighted by molar-refractivity contribution is 0.985. The van der Waals surface area contributed by atoms with E-state index >= 15 is 0 Å². The number of nitrogens with zero attached hydrogens (tertiary/aromatic N) is 2. The zero-order valence-corrected chi connectivity index (χ0v) is 11.7. The fraction of sp³-hybridized carbons (Fsp3) is 0.333. The third-order valence-corrected chi connectivity index (χ3v) is 3.13. The average Bonchev–Trinajstić information content (AvgIpc) is 2.43. The maximum absolute atomic E-state index is 4.20. The Balaban J connectivity index is 1.94. The van der Waals surface area contributed by atoms with Gasteiger partial charge in [0.15, 0.2) is 0 Å². The van der Waals surface area contributed by atoms with Crippen molar-refractivity contribution >= 4 is 11.6 Å². The zero-order chi connectivity index (χ0) is 13.7. The van der Waals surface area contributed by atoms with E-state index in [1.165, 1.54) is 16.7 Å². The third kappa shape index (κ3) is 3.68. The Morgan fingerprint density at radius 3 is 2.63 bits per heavy atom. The molecule has 4 nitrogen and oxygen atoms in total. The molecule has 1 aromatic carbocycles. The van der Waals surface area contributed by atoms with E-state index in [9.17, 15) is 0 Å². The van der Waals surface area contributed by atoms with Crippen LogP contribution in [0.4, 0.5) is 11.6 Å². The highest BCUT2D eigenvalue weighted by molar-refractivity contribution is 5.46. The van der Waals surface area contributed by atoms with Crippen molar-refractivity contribution in [3.63, 3.8) is 0 Å². The van der Waals surface area contributed by atoms with Gasteiger partial charge < -0.3 is 10.6 Å². The molecule has 0 saturated heterocycles. The molecule has 0 aliphatic carbocycles. The van der Waals surface area contributed by atoms with Crippen LogP contribution < -0.4 is 10.6 Å². The molecule has 4 heteroatoms. The highest BCUT2D eigenvalue weighted by atomic mass is 15.0. The van der Waals surface area contributed by atoms with Crippen LogP contribution >= 0.6 is 0 Å². The second-order valence-electron chi connectivity index (χ2n) is 4.65. The van der Waals surface area contributed by atoms with Crippen LogP contribution in [0.25, 0.3) is 0 Å². The molecule has 0 radical (unpaired) electrons. The minimum Gasteiger partial charge on any atom is -0.373 e. The number of hydrogen-bond donors (Lipinski definition) is 2. The van der Waals surface area contributed by atoms with Gasteiger partial charge in [0.2, 0.25) is 0 Å². The molecule has 19 heavy (non-hydrogen) atoms. The summed E-state index contributed by atoms with van der Waals surface area (Å²) in [6, 6.07) is 8.48. The lowest BCUT2D eigenvalue weighted by Crippen LogP contribution is -2.08. The summed E-state index contributed by atoms with van der Waals surface area (Å²) in [7, 11) is 1.85. The first-order chi connectivity index (χ1) is 9.19. The van der Waals surface area contributed by atoms with Gasteiger partial charge in [0.05, 0.1) is 0 Å². The normalized spacial score (nSPS) is 10.3. The molecule has 0 spiro atoms. The van der Waals surface area contributed by atoms with Crippen molar-refractivity contribution in [2.24, 2.45) is 0 Å². The van der Waals surface area contributed by atoms with E-state index in [4.69, 9.17) is 0 Å². The molecule has 0 fully saturated rings. The van der Waals surface area contributed by atoms with Gasteiger partial charge in [-0.2, -0.15) is 0 Å². The Hall–Kier alpha value is -2.10. The number of aryl methyl sites for hydroxylation is 2. The minimum absolute atomic E-state index is 0.823. The number of anilines is 2.